The van der Waals surface area contributed by atoms with E-state index in [0.717, 1.165) is 16.9 Å². The van der Waals surface area contributed by atoms with Crippen molar-refractivity contribution in [1.82, 2.24) is 0 Å². The van der Waals surface area contributed by atoms with Crippen LogP contribution in [-0.4, -0.2) is 11.9 Å². The van der Waals surface area contributed by atoms with Gasteiger partial charge in [-0.1, -0.05) is 30.3 Å². The number of para-hydroxylation sites is 1. The van der Waals surface area contributed by atoms with Crippen LogP contribution in [0.15, 0.2) is 42.5 Å². The Balaban J connectivity index is 2.06. The molecular formula is C18H22N2O. The summed E-state index contributed by atoms with van der Waals surface area (Å²) in [6, 6.07) is 13.5. The molecule has 0 aliphatic rings. The number of carbonyl (C=O) groups excluding carboxylic acids is 1. The number of hydrogen-bond donors (Lipinski definition) is 2. The summed E-state index contributed by atoms with van der Waals surface area (Å²) in [5.41, 5.74) is 5.31. The van der Waals surface area contributed by atoms with Gasteiger partial charge in [-0.05, 0) is 56.5 Å². The molecule has 2 rings (SSSR count). The van der Waals surface area contributed by atoms with E-state index in [9.17, 15) is 4.79 Å². The minimum absolute atomic E-state index is 0.0368. The SMILES string of the molecule is Cc1ccccc1NC(=O)C(C)Nc1cccc(C)c1C. The Morgan fingerprint density at radius 1 is 0.905 bits per heavy atom. The van der Waals surface area contributed by atoms with E-state index in [1.54, 1.807) is 0 Å². The van der Waals surface area contributed by atoms with Gasteiger partial charge in [0.15, 0.2) is 0 Å². The summed E-state index contributed by atoms with van der Waals surface area (Å²) >= 11 is 0. The highest BCUT2D eigenvalue weighted by molar-refractivity contribution is 5.96. The van der Waals surface area contributed by atoms with Gasteiger partial charge in [0.05, 0.1) is 0 Å². The molecule has 2 aromatic carbocycles. The zero-order valence-electron chi connectivity index (χ0n) is 13.0. The van der Waals surface area contributed by atoms with Gasteiger partial charge in [-0.15, -0.1) is 0 Å². The molecule has 0 bridgehead atoms. The van der Waals surface area contributed by atoms with Gasteiger partial charge in [-0.2, -0.15) is 0 Å². The number of rotatable bonds is 4. The van der Waals surface area contributed by atoms with Gasteiger partial charge in [0.2, 0.25) is 5.91 Å². The molecule has 0 aliphatic heterocycles. The van der Waals surface area contributed by atoms with Crippen molar-refractivity contribution in [2.45, 2.75) is 33.7 Å². The van der Waals surface area contributed by atoms with E-state index in [4.69, 9.17) is 0 Å². The van der Waals surface area contributed by atoms with Crippen LogP contribution in [0.1, 0.15) is 23.6 Å². The summed E-state index contributed by atoms with van der Waals surface area (Å²) < 4.78 is 0. The van der Waals surface area contributed by atoms with Crippen molar-refractivity contribution in [2.24, 2.45) is 0 Å². The van der Waals surface area contributed by atoms with E-state index in [1.165, 1.54) is 11.1 Å². The molecule has 2 N–H and O–H groups in total. The number of amides is 1. The Hall–Kier alpha value is -2.29. The number of anilines is 2. The quantitative estimate of drug-likeness (QED) is 0.888. The predicted octanol–water partition coefficient (Wildman–Crippen LogP) is 4.05. The van der Waals surface area contributed by atoms with Crippen LogP contribution >= 0.6 is 0 Å². The summed E-state index contributed by atoms with van der Waals surface area (Å²) in [6.45, 7) is 7.98. The summed E-state index contributed by atoms with van der Waals surface area (Å²) in [5, 5.41) is 6.24. The molecule has 1 unspecified atom stereocenters. The molecule has 3 nitrogen and oxygen atoms in total. The molecule has 110 valence electrons. The van der Waals surface area contributed by atoms with Gasteiger partial charge in [-0.25, -0.2) is 0 Å². The Labute approximate surface area is 126 Å². The number of nitrogens with one attached hydrogen (secondary N) is 2. The largest absolute Gasteiger partial charge is 0.374 e. The first-order valence-corrected chi connectivity index (χ1v) is 7.18. The van der Waals surface area contributed by atoms with E-state index < -0.39 is 0 Å². The first kappa shape index (κ1) is 15.1. The zero-order valence-corrected chi connectivity index (χ0v) is 13.0. The van der Waals surface area contributed by atoms with Crippen molar-refractivity contribution < 1.29 is 4.79 Å². The van der Waals surface area contributed by atoms with Crippen LogP contribution in [0.4, 0.5) is 11.4 Å². The van der Waals surface area contributed by atoms with E-state index in [0.29, 0.717) is 0 Å². The Bertz CT molecular complexity index is 649. The molecule has 0 saturated carbocycles. The average Bonchev–Trinajstić information content (AvgIpc) is 2.46. The van der Waals surface area contributed by atoms with Crippen LogP contribution in [0, 0.1) is 20.8 Å². The third-order valence-corrected chi connectivity index (χ3v) is 3.77. The molecule has 0 saturated heterocycles. The maximum absolute atomic E-state index is 12.3. The first-order valence-electron chi connectivity index (χ1n) is 7.18. The molecule has 3 heteroatoms. The van der Waals surface area contributed by atoms with E-state index in [2.05, 4.69) is 30.5 Å². The third-order valence-electron chi connectivity index (χ3n) is 3.77. The van der Waals surface area contributed by atoms with Crippen molar-refractivity contribution in [2.75, 3.05) is 10.6 Å². The predicted molar refractivity (Wildman–Crippen MR) is 88.8 cm³/mol. The lowest BCUT2D eigenvalue weighted by Crippen LogP contribution is -2.32. The smallest absolute Gasteiger partial charge is 0.246 e. The number of benzene rings is 2. The van der Waals surface area contributed by atoms with Gasteiger partial charge in [0.25, 0.3) is 0 Å². The Morgan fingerprint density at radius 3 is 2.24 bits per heavy atom. The van der Waals surface area contributed by atoms with E-state index >= 15 is 0 Å². The molecular weight excluding hydrogens is 260 g/mol. The summed E-state index contributed by atoms with van der Waals surface area (Å²) in [5.74, 6) is -0.0368. The van der Waals surface area contributed by atoms with Crippen molar-refractivity contribution in [3.63, 3.8) is 0 Å². The average molecular weight is 282 g/mol. The summed E-state index contributed by atoms with van der Waals surface area (Å²) in [6.07, 6.45) is 0. The number of aryl methyl sites for hydroxylation is 2. The van der Waals surface area contributed by atoms with Crippen LogP contribution in [0.25, 0.3) is 0 Å². The molecule has 1 atom stereocenters. The topological polar surface area (TPSA) is 41.1 Å². The molecule has 0 aromatic heterocycles. The van der Waals surface area contributed by atoms with Gasteiger partial charge >= 0.3 is 0 Å². The second-order valence-electron chi connectivity index (χ2n) is 5.42. The normalized spacial score (nSPS) is 11.8. The van der Waals surface area contributed by atoms with Gasteiger partial charge in [0.1, 0.15) is 6.04 Å². The van der Waals surface area contributed by atoms with Crippen LogP contribution in [0.5, 0.6) is 0 Å². The van der Waals surface area contributed by atoms with Gasteiger partial charge in [-0.3, -0.25) is 4.79 Å². The molecule has 0 spiro atoms. The molecule has 21 heavy (non-hydrogen) atoms. The summed E-state index contributed by atoms with van der Waals surface area (Å²) in [7, 11) is 0. The maximum Gasteiger partial charge on any atom is 0.246 e. The Morgan fingerprint density at radius 2 is 1.52 bits per heavy atom. The molecule has 1 amide bonds. The fourth-order valence-corrected chi connectivity index (χ4v) is 2.16. The second-order valence-corrected chi connectivity index (χ2v) is 5.42. The third kappa shape index (κ3) is 3.63. The molecule has 0 heterocycles. The van der Waals surface area contributed by atoms with Crippen LogP contribution < -0.4 is 10.6 Å². The lowest BCUT2D eigenvalue weighted by atomic mass is 10.1. The highest BCUT2D eigenvalue weighted by Gasteiger charge is 2.14. The Kier molecular flexibility index (Phi) is 4.63. The van der Waals surface area contributed by atoms with Gasteiger partial charge in [0, 0.05) is 11.4 Å². The highest BCUT2D eigenvalue weighted by atomic mass is 16.2. The summed E-state index contributed by atoms with van der Waals surface area (Å²) in [4.78, 5) is 12.3. The number of carbonyl (C=O) groups is 1. The number of hydrogen-bond acceptors (Lipinski definition) is 2. The fraction of sp³-hybridized carbons (Fsp3) is 0.278. The minimum atomic E-state index is -0.301. The monoisotopic (exact) mass is 282 g/mol. The lowest BCUT2D eigenvalue weighted by Gasteiger charge is -2.18. The fourth-order valence-electron chi connectivity index (χ4n) is 2.16. The lowest BCUT2D eigenvalue weighted by molar-refractivity contribution is -0.116. The van der Waals surface area contributed by atoms with Gasteiger partial charge < -0.3 is 10.6 Å². The molecule has 0 radical (unpaired) electrons. The van der Waals surface area contributed by atoms with E-state index in [1.807, 2.05) is 50.2 Å². The first-order chi connectivity index (χ1) is 9.99. The maximum atomic E-state index is 12.3. The zero-order chi connectivity index (χ0) is 15.4. The van der Waals surface area contributed by atoms with Crippen LogP contribution in [-0.2, 0) is 4.79 Å². The van der Waals surface area contributed by atoms with Crippen LogP contribution in [0.3, 0.4) is 0 Å². The van der Waals surface area contributed by atoms with Crippen molar-refractivity contribution in [3.05, 3.63) is 59.2 Å². The van der Waals surface area contributed by atoms with Crippen molar-refractivity contribution in [3.8, 4) is 0 Å². The standard InChI is InChI=1S/C18H22N2O/c1-12-9-7-11-17(14(12)3)19-15(4)18(21)20-16-10-6-5-8-13(16)2/h5-11,15,19H,1-4H3,(H,20,21). The van der Waals surface area contributed by atoms with Crippen molar-refractivity contribution in [1.29, 1.82) is 0 Å². The van der Waals surface area contributed by atoms with Crippen molar-refractivity contribution >= 4 is 17.3 Å². The second kappa shape index (κ2) is 6.44. The minimum Gasteiger partial charge on any atom is -0.374 e. The molecule has 0 aliphatic carbocycles. The molecule has 2 aromatic rings. The van der Waals surface area contributed by atoms with E-state index in [-0.39, 0.29) is 11.9 Å². The highest BCUT2D eigenvalue weighted by Crippen LogP contribution is 2.19. The molecule has 0 fully saturated rings. The van der Waals surface area contributed by atoms with Crippen LogP contribution in [0.2, 0.25) is 0 Å².